The summed E-state index contributed by atoms with van der Waals surface area (Å²) in [6.07, 6.45) is 0. The molecular weight excluding hydrogens is 416 g/mol. The predicted molar refractivity (Wildman–Crippen MR) is 123 cm³/mol. The van der Waals surface area contributed by atoms with Gasteiger partial charge in [-0.15, -0.1) is 0 Å². The van der Waals surface area contributed by atoms with Crippen LogP contribution < -0.4 is 16.7 Å². The number of nitrogens with one attached hydrogen (secondary N) is 1. The van der Waals surface area contributed by atoms with Crippen LogP contribution in [0.4, 0.5) is 5.95 Å². The maximum absolute atomic E-state index is 12.9. The molecule has 0 spiro atoms. The molecule has 0 saturated carbocycles. The SMILES string of the molecule is C/C(=N/Nc1nc2c(c(=O)n(C)c(=O)n2C)n1Cc1ccccc1)c1ccc(Cl)cc1. The number of imidazole rings is 1. The topological polar surface area (TPSA) is 86.2 Å². The van der Waals surface area contributed by atoms with E-state index in [4.69, 9.17) is 11.6 Å². The largest absolute Gasteiger partial charge is 0.332 e. The maximum Gasteiger partial charge on any atom is 0.332 e. The zero-order chi connectivity index (χ0) is 22.1. The lowest BCUT2D eigenvalue weighted by Crippen LogP contribution is -2.37. The molecule has 0 saturated heterocycles. The lowest BCUT2D eigenvalue weighted by molar-refractivity contribution is 0.702. The van der Waals surface area contributed by atoms with Gasteiger partial charge in [0.2, 0.25) is 5.95 Å². The molecule has 0 fully saturated rings. The summed E-state index contributed by atoms with van der Waals surface area (Å²) in [5.74, 6) is 0.366. The van der Waals surface area contributed by atoms with Gasteiger partial charge in [0, 0.05) is 19.1 Å². The van der Waals surface area contributed by atoms with E-state index < -0.39 is 11.2 Å². The van der Waals surface area contributed by atoms with Crippen molar-refractivity contribution in [3.05, 3.63) is 91.6 Å². The first kappa shape index (κ1) is 20.6. The lowest BCUT2D eigenvalue weighted by Gasteiger charge is -2.10. The normalized spacial score (nSPS) is 11.8. The summed E-state index contributed by atoms with van der Waals surface area (Å²) in [5, 5.41) is 5.08. The molecule has 4 aromatic rings. The van der Waals surface area contributed by atoms with Gasteiger partial charge in [-0.3, -0.25) is 18.5 Å². The number of aromatic nitrogens is 4. The van der Waals surface area contributed by atoms with Crippen molar-refractivity contribution in [1.82, 2.24) is 18.7 Å². The van der Waals surface area contributed by atoms with Gasteiger partial charge in [-0.25, -0.2) is 10.2 Å². The molecule has 2 aromatic heterocycles. The van der Waals surface area contributed by atoms with Gasteiger partial charge in [-0.1, -0.05) is 54.1 Å². The molecule has 0 bridgehead atoms. The minimum Gasteiger partial charge on any atom is -0.298 e. The van der Waals surface area contributed by atoms with E-state index in [2.05, 4.69) is 15.5 Å². The van der Waals surface area contributed by atoms with E-state index in [1.807, 2.05) is 49.4 Å². The third-order valence-corrected chi connectivity index (χ3v) is 5.37. The molecule has 9 heteroatoms. The number of rotatable bonds is 5. The number of benzene rings is 2. The number of hydrazone groups is 1. The highest BCUT2D eigenvalue weighted by atomic mass is 35.5. The molecule has 0 amide bonds. The van der Waals surface area contributed by atoms with Gasteiger partial charge in [0.1, 0.15) is 0 Å². The van der Waals surface area contributed by atoms with Crippen molar-refractivity contribution in [2.45, 2.75) is 13.5 Å². The molecule has 0 aliphatic carbocycles. The van der Waals surface area contributed by atoms with E-state index in [-0.39, 0.29) is 0 Å². The second kappa shape index (κ2) is 8.23. The summed E-state index contributed by atoms with van der Waals surface area (Å²) in [6.45, 7) is 2.25. The summed E-state index contributed by atoms with van der Waals surface area (Å²) in [6, 6.07) is 17.0. The first-order valence-corrected chi connectivity index (χ1v) is 10.0. The number of fused-ring (bicyclic) bond motifs is 1. The second-order valence-corrected chi connectivity index (χ2v) is 7.64. The third-order valence-electron chi connectivity index (χ3n) is 5.12. The molecule has 1 N–H and O–H groups in total. The van der Waals surface area contributed by atoms with Crippen molar-refractivity contribution in [2.75, 3.05) is 5.43 Å². The Kier molecular flexibility index (Phi) is 5.48. The Morgan fingerprint density at radius 3 is 2.39 bits per heavy atom. The zero-order valence-corrected chi connectivity index (χ0v) is 18.1. The first-order valence-electron chi connectivity index (χ1n) is 9.63. The van der Waals surface area contributed by atoms with Crippen molar-refractivity contribution in [1.29, 1.82) is 0 Å². The summed E-state index contributed by atoms with van der Waals surface area (Å²) in [7, 11) is 3.05. The number of halogens is 1. The smallest absolute Gasteiger partial charge is 0.298 e. The highest BCUT2D eigenvalue weighted by molar-refractivity contribution is 6.30. The Morgan fingerprint density at radius 1 is 1.03 bits per heavy atom. The van der Waals surface area contributed by atoms with E-state index >= 15 is 0 Å². The zero-order valence-electron chi connectivity index (χ0n) is 17.3. The average molecular weight is 437 g/mol. The molecule has 0 aliphatic rings. The number of anilines is 1. The highest BCUT2D eigenvalue weighted by Crippen LogP contribution is 2.18. The number of nitrogens with zero attached hydrogens (tertiary/aromatic N) is 5. The predicted octanol–water partition coefficient (Wildman–Crippen LogP) is 2.97. The standard InChI is InChI=1S/C22H21ClN6O2/c1-14(16-9-11-17(23)12-10-16)25-26-21-24-19-18(20(30)28(3)22(31)27(19)2)29(21)13-15-7-5-4-6-8-15/h4-12H,13H2,1-3H3,(H,24,26)/b25-14-. The van der Waals surface area contributed by atoms with Crippen LogP contribution >= 0.6 is 11.6 Å². The van der Waals surface area contributed by atoms with E-state index in [9.17, 15) is 9.59 Å². The molecule has 0 unspecified atom stereocenters. The van der Waals surface area contributed by atoms with Crippen LogP contribution in [0.1, 0.15) is 18.1 Å². The molecule has 0 radical (unpaired) electrons. The fourth-order valence-corrected chi connectivity index (χ4v) is 3.47. The Balaban J connectivity index is 1.84. The average Bonchev–Trinajstić information content (AvgIpc) is 3.14. The fraction of sp³-hybridized carbons (Fsp3) is 0.182. The van der Waals surface area contributed by atoms with Crippen LogP contribution in [0.5, 0.6) is 0 Å². The number of aryl methyl sites for hydroxylation is 1. The molecule has 0 aliphatic heterocycles. The summed E-state index contributed by atoms with van der Waals surface area (Å²) in [5.41, 5.74) is 5.35. The Bertz CT molecular complexity index is 1400. The van der Waals surface area contributed by atoms with Crippen molar-refractivity contribution in [2.24, 2.45) is 19.2 Å². The molecule has 31 heavy (non-hydrogen) atoms. The van der Waals surface area contributed by atoms with Gasteiger partial charge < -0.3 is 0 Å². The second-order valence-electron chi connectivity index (χ2n) is 7.20. The van der Waals surface area contributed by atoms with E-state index in [0.717, 1.165) is 21.4 Å². The van der Waals surface area contributed by atoms with Crippen LogP contribution in [-0.4, -0.2) is 24.4 Å². The van der Waals surface area contributed by atoms with Gasteiger partial charge in [0.15, 0.2) is 11.2 Å². The molecule has 0 atom stereocenters. The van der Waals surface area contributed by atoms with Crippen LogP contribution in [0.25, 0.3) is 11.2 Å². The van der Waals surface area contributed by atoms with Crippen molar-refractivity contribution >= 4 is 34.4 Å². The van der Waals surface area contributed by atoms with Crippen molar-refractivity contribution in [3.8, 4) is 0 Å². The van der Waals surface area contributed by atoms with Crippen LogP contribution in [0, 0.1) is 0 Å². The van der Waals surface area contributed by atoms with Crippen LogP contribution in [0.2, 0.25) is 5.02 Å². The van der Waals surface area contributed by atoms with E-state index in [0.29, 0.717) is 28.7 Å². The minimum absolute atomic E-state index is 0.297. The van der Waals surface area contributed by atoms with Gasteiger partial charge in [-0.05, 0) is 30.2 Å². The van der Waals surface area contributed by atoms with E-state index in [1.165, 1.54) is 11.6 Å². The molecule has 4 rings (SSSR count). The summed E-state index contributed by atoms with van der Waals surface area (Å²) >= 11 is 5.96. The van der Waals surface area contributed by atoms with Crippen molar-refractivity contribution in [3.63, 3.8) is 0 Å². The quantitative estimate of drug-likeness (QED) is 0.385. The van der Waals surface area contributed by atoms with Gasteiger partial charge in [0.25, 0.3) is 5.56 Å². The van der Waals surface area contributed by atoms with Gasteiger partial charge in [0.05, 0.1) is 12.3 Å². The molecular formula is C22H21ClN6O2. The van der Waals surface area contributed by atoms with Crippen LogP contribution in [-0.2, 0) is 20.6 Å². The Hall–Kier alpha value is -3.65. The maximum atomic E-state index is 12.9. The molecule has 2 heterocycles. The van der Waals surface area contributed by atoms with Crippen molar-refractivity contribution < 1.29 is 0 Å². The van der Waals surface area contributed by atoms with E-state index in [1.54, 1.807) is 23.7 Å². The molecule has 158 valence electrons. The van der Waals surface area contributed by atoms with Crippen LogP contribution in [0.15, 0.2) is 69.3 Å². The van der Waals surface area contributed by atoms with Gasteiger partial charge >= 0.3 is 5.69 Å². The third kappa shape index (κ3) is 3.89. The highest BCUT2D eigenvalue weighted by Gasteiger charge is 2.19. The first-order chi connectivity index (χ1) is 14.9. The summed E-state index contributed by atoms with van der Waals surface area (Å²) in [4.78, 5) is 29.8. The fourth-order valence-electron chi connectivity index (χ4n) is 3.34. The Morgan fingerprint density at radius 2 is 1.71 bits per heavy atom. The molecule has 8 nitrogen and oxygen atoms in total. The van der Waals surface area contributed by atoms with Gasteiger partial charge in [-0.2, -0.15) is 10.1 Å². The monoisotopic (exact) mass is 436 g/mol. The number of hydrogen-bond donors (Lipinski definition) is 1. The summed E-state index contributed by atoms with van der Waals surface area (Å²) < 4.78 is 4.18. The lowest BCUT2D eigenvalue weighted by atomic mass is 10.1. The Labute approximate surface area is 183 Å². The minimum atomic E-state index is -0.436. The molecule has 2 aromatic carbocycles. The van der Waals surface area contributed by atoms with Crippen LogP contribution in [0.3, 0.4) is 0 Å². The number of hydrogen-bond acceptors (Lipinski definition) is 5.